The van der Waals surface area contributed by atoms with Crippen LogP contribution in [0.15, 0.2) is 29.3 Å². The van der Waals surface area contributed by atoms with E-state index in [1.807, 2.05) is 7.05 Å². The summed E-state index contributed by atoms with van der Waals surface area (Å²) in [4.78, 5) is 12.0. The van der Waals surface area contributed by atoms with Crippen molar-refractivity contribution < 1.29 is 4.74 Å². The molecule has 0 bridgehead atoms. The molecule has 1 unspecified atom stereocenters. The van der Waals surface area contributed by atoms with Crippen LogP contribution in [0.4, 0.5) is 5.69 Å². The molecule has 1 atom stereocenters. The summed E-state index contributed by atoms with van der Waals surface area (Å²) in [6, 6.07) is 10.4. The van der Waals surface area contributed by atoms with E-state index < -0.39 is 0 Å². The molecule has 0 spiro atoms. The van der Waals surface area contributed by atoms with Crippen LogP contribution in [0.1, 0.15) is 44.1 Å². The molecule has 1 N–H and O–H groups in total. The molecule has 7 heteroatoms. The summed E-state index contributed by atoms with van der Waals surface area (Å²) < 4.78 is 5.51. The summed E-state index contributed by atoms with van der Waals surface area (Å²) in [5, 5.41) is 3.58. The monoisotopic (exact) mass is 541 g/mol. The molecule has 3 aliphatic rings. The maximum absolute atomic E-state index is 5.51. The predicted molar refractivity (Wildman–Crippen MR) is 140 cm³/mol. The summed E-state index contributed by atoms with van der Waals surface area (Å²) in [7, 11) is 4.15. The Morgan fingerprint density at radius 2 is 1.77 bits per heavy atom. The zero-order valence-corrected chi connectivity index (χ0v) is 21.6. The summed E-state index contributed by atoms with van der Waals surface area (Å²) in [5.74, 6) is 1.02. The van der Waals surface area contributed by atoms with Crippen molar-refractivity contribution in [2.24, 2.45) is 4.99 Å². The zero-order chi connectivity index (χ0) is 20.8. The van der Waals surface area contributed by atoms with Crippen molar-refractivity contribution in [1.29, 1.82) is 0 Å². The molecule has 3 fully saturated rings. The van der Waals surface area contributed by atoms with E-state index in [0.717, 1.165) is 51.9 Å². The number of guanidine groups is 1. The van der Waals surface area contributed by atoms with Crippen LogP contribution in [0.2, 0.25) is 0 Å². The molecule has 0 amide bonds. The second kappa shape index (κ2) is 12.3. The van der Waals surface area contributed by atoms with Crippen LogP contribution in [0.25, 0.3) is 0 Å². The Kier molecular flexibility index (Phi) is 9.72. The minimum absolute atomic E-state index is 0. The molecule has 31 heavy (non-hydrogen) atoms. The number of ether oxygens (including phenoxy) is 1. The Morgan fingerprint density at radius 3 is 2.45 bits per heavy atom. The van der Waals surface area contributed by atoms with E-state index in [1.165, 1.54) is 49.8 Å². The van der Waals surface area contributed by atoms with Gasteiger partial charge in [0.05, 0.1) is 13.2 Å². The van der Waals surface area contributed by atoms with E-state index in [4.69, 9.17) is 4.74 Å². The van der Waals surface area contributed by atoms with Gasteiger partial charge in [-0.3, -0.25) is 9.89 Å². The van der Waals surface area contributed by atoms with Gasteiger partial charge in [-0.25, -0.2) is 0 Å². The number of morpholine rings is 1. The van der Waals surface area contributed by atoms with E-state index >= 15 is 0 Å². The summed E-state index contributed by atoms with van der Waals surface area (Å²) >= 11 is 0. The second-order valence-electron chi connectivity index (χ2n) is 9.01. The first-order valence-electron chi connectivity index (χ1n) is 11.8. The number of benzene rings is 1. The van der Waals surface area contributed by atoms with Gasteiger partial charge in [0.25, 0.3) is 0 Å². The highest BCUT2D eigenvalue weighted by molar-refractivity contribution is 14.0. The number of nitrogens with zero attached hydrogens (tertiary/aromatic N) is 4. The number of rotatable bonds is 5. The Hall–Kier alpha value is -1.06. The lowest BCUT2D eigenvalue weighted by Crippen LogP contribution is -2.46. The molecule has 0 aromatic heterocycles. The first kappa shape index (κ1) is 24.6. The van der Waals surface area contributed by atoms with Crippen molar-refractivity contribution in [3.8, 4) is 0 Å². The molecule has 1 aromatic carbocycles. The van der Waals surface area contributed by atoms with E-state index in [9.17, 15) is 0 Å². The van der Waals surface area contributed by atoms with E-state index in [-0.39, 0.29) is 24.0 Å². The Labute approximate surface area is 205 Å². The number of aliphatic imine (C=N–C) groups is 1. The third kappa shape index (κ3) is 6.48. The van der Waals surface area contributed by atoms with Gasteiger partial charge in [0.2, 0.25) is 0 Å². The number of halogens is 1. The van der Waals surface area contributed by atoms with Gasteiger partial charge in [-0.2, -0.15) is 0 Å². The summed E-state index contributed by atoms with van der Waals surface area (Å²) in [5.41, 5.74) is 2.64. The maximum Gasteiger partial charge on any atom is 0.193 e. The third-order valence-electron chi connectivity index (χ3n) is 7.15. The number of hydrogen-bond acceptors (Lipinski definition) is 4. The Bertz CT molecular complexity index is 686. The summed E-state index contributed by atoms with van der Waals surface area (Å²) in [6.45, 7) is 6.82. The van der Waals surface area contributed by atoms with Crippen molar-refractivity contribution in [2.75, 3.05) is 58.4 Å². The quantitative estimate of drug-likeness (QED) is 0.351. The Morgan fingerprint density at radius 1 is 1.06 bits per heavy atom. The van der Waals surface area contributed by atoms with Crippen molar-refractivity contribution in [1.82, 2.24) is 15.1 Å². The van der Waals surface area contributed by atoms with Gasteiger partial charge >= 0.3 is 0 Å². The zero-order valence-electron chi connectivity index (χ0n) is 19.3. The molecular weight excluding hydrogens is 501 g/mol. The van der Waals surface area contributed by atoms with Gasteiger partial charge in [0, 0.05) is 64.6 Å². The number of hydrogen-bond donors (Lipinski definition) is 1. The third-order valence-corrected chi connectivity index (χ3v) is 7.15. The first-order chi connectivity index (χ1) is 14.7. The second-order valence-corrected chi connectivity index (χ2v) is 9.01. The van der Waals surface area contributed by atoms with Gasteiger partial charge < -0.3 is 19.9 Å². The van der Waals surface area contributed by atoms with Gasteiger partial charge in [-0.05, 0) is 37.0 Å². The molecule has 2 heterocycles. The highest BCUT2D eigenvalue weighted by Gasteiger charge is 2.30. The fourth-order valence-corrected chi connectivity index (χ4v) is 5.22. The molecule has 2 saturated heterocycles. The van der Waals surface area contributed by atoms with E-state index in [2.05, 4.69) is 56.3 Å². The fourth-order valence-electron chi connectivity index (χ4n) is 5.22. The van der Waals surface area contributed by atoms with Crippen LogP contribution in [0.5, 0.6) is 0 Å². The minimum Gasteiger partial charge on any atom is -0.379 e. The normalized spacial score (nSPS) is 23.5. The molecule has 1 saturated carbocycles. The van der Waals surface area contributed by atoms with Crippen molar-refractivity contribution in [3.63, 3.8) is 0 Å². The fraction of sp³-hybridized carbons (Fsp3) is 0.708. The average Bonchev–Trinajstić information content (AvgIpc) is 3.31. The molecular formula is C24H40IN5O. The smallest absolute Gasteiger partial charge is 0.193 e. The topological polar surface area (TPSA) is 43.3 Å². The van der Waals surface area contributed by atoms with Crippen molar-refractivity contribution in [2.45, 2.75) is 57.2 Å². The molecule has 1 aromatic rings. The largest absolute Gasteiger partial charge is 0.379 e. The van der Waals surface area contributed by atoms with Crippen molar-refractivity contribution in [3.05, 3.63) is 29.8 Å². The highest BCUT2D eigenvalue weighted by Crippen LogP contribution is 2.26. The lowest BCUT2D eigenvalue weighted by molar-refractivity contribution is 0.0195. The van der Waals surface area contributed by atoms with Gasteiger partial charge in [0.1, 0.15) is 0 Å². The average molecular weight is 542 g/mol. The highest BCUT2D eigenvalue weighted by atomic mass is 127. The van der Waals surface area contributed by atoms with Crippen LogP contribution >= 0.6 is 24.0 Å². The van der Waals surface area contributed by atoms with Crippen molar-refractivity contribution >= 4 is 35.6 Å². The van der Waals surface area contributed by atoms with Crippen LogP contribution in [-0.4, -0.2) is 81.3 Å². The van der Waals surface area contributed by atoms with Gasteiger partial charge in [-0.1, -0.05) is 31.4 Å². The summed E-state index contributed by atoms with van der Waals surface area (Å²) in [6.07, 6.45) is 8.02. The first-order valence-corrected chi connectivity index (χ1v) is 11.8. The lowest BCUT2D eigenvalue weighted by atomic mass is 9.94. The SMILES string of the molecule is CN=C(NCc1ccc(N(C)C2CCCCC2)cc1)N1CCC(N2CCOCC2)C1.I. The van der Waals surface area contributed by atoms with Crippen LogP contribution in [0, 0.1) is 0 Å². The predicted octanol–water partition coefficient (Wildman–Crippen LogP) is 3.56. The maximum atomic E-state index is 5.51. The molecule has 4 rings (SSSR count). The van der Waals surface area contributed by atoms with Crippen LogP contribution in [0.3, 0.4) is 0 Å². The van der Waals surface area contributed by atoms with Crippen LogP contribution < -0.4 is 10.2 Å². The van der Waals surface area contributed by atoms with Gasteiger partial charge in [-0.15, -0.1) is 24.0 Å². The molecule has 6 nitrogen and oxygen atoms in total. The number of nitrogens with one attached hydrogen (secondary N) is 1. The number of likely N-dealkylation sites (tertiary alicyclic amines) is 1. The number of anilines is 1. The minimum atomic E-state index is 0. The van der Waals surface area contributed by atoms with Gasteiger partial charge in [0.15, 0.2) is 5.96 Å². The standard InChI is InChI=1S/C24H39N5O.HI/c1-25-24(29-13-12-23(19-29)28-14-16-30-17-15-28)26-18-20-8-10-22(11-9-20)27(2)21-6-4-3-5-7-21;/h8-11,21,23H,3-7,12-19H2,1-2H3,(H,25,26);1H. The molecule has 1 aliphatic carbocycles. The molecule has 2 aliphatic heterocycles. The van der Waals surface area contributed by atoms with Crippen LogP contribution in [-0.2, 0) is 11.3 Å². The Balaban J connectivity index is 0.00000272. The van der Waals surface area contributed by atoms with E-state index in [1.54, 1.807) is 0 Å². The molecule has 174 valence electrons. The van der Waals surface area contributed by atoms with E-state index in [0.29, 0.717) is 12.1 Å². The molecule has 0 radical (unpaired) electrons. The lowest BCUT2D eigenvalue weighted by Gasteiger charge is -2.33.